The van der Waals surface area contributed by atoms with Crippen molar-refractivity contribution in [1.82, 2.24) is 19.9 Å². The highest BCUT2D eigenvalue weighted by Crippen LogP contribution is 2.48. The molecular formula is C86H106N4O4. The standard InChI is InChI=1S/C86H106N4O4/c1-11-13-15-17-19-21-23-25-27-29-31-33-35-37-53-93-75-59-73-74(60-76(75)94-54-38-36-34-32-30-28-26-24-22-20-18-16-14-12-2)88-82-70-56-66(86(6,7)8)58-72-78(70)77-69(81(82)87-73)55-65(85(3,4)5)57-71(77)83-84(72)90-80-64(46-40-62-43-51-68(92-10)52-44-62)48-47-63(79(80)89-83)45-39-61-41-49-67(91-9)50-42-61/h41-44,47-52,55-60H,11-38,53-54H2,1-10H3. The minimum atomic E-state index is -0.232. The monoisotopic (exact) mass is 1260 g/mol. The predicted octanol–water partition coefficient (Wildman–Crippen LogP) is 23.9. The van der Waals surface area contributed by atoms with E-state index < -0.39 is 0 Å². The van der Waals surface area contributed by atoms with Gasteiger partial charge in [-0.05, 0) is 120 Å². The van der Waals surface area contributed by atoms with Crippen molar-refractivity contribution >= 4 is 76.5 Å². The van der Waals surface area contributed by atoms with Gasteiger partial charge in [0.15, 0.2) is 11.5 Å². The first-order valence-electron chi connectivity index (χ1n) is 36.4. The zero-order valence-electron chi connectivity index (χ0n) is 58.9. The summed E-state index contributed by atoms with van der Waals surface area (Å²) in [5.74, 6) is 17.0. The summed E-state index contributed by atoms with van der Waals surface area (Å²) in [5.41, 5.74) is 11.4. The van der Waals surface area contributed by atoms with Gasteiger partial charge in [0.1, 0.15) is 22.5 Å². The lowest BCUT2D eigenvalue weighted by Crippen LogP contribution is -2.12. The first-order chi connectivity index (χ1) is 45.8. The van der Waals surface area contributed by atoms with Crippen LogP contribution in [-0.2, 0) is 10.8 Å². The predicted molar refractivity (Wildman–Crippen MR) is 398 cm³/mol. The average Bonchev–Trinajstić information content (AvgIpc) is 0.695. The number of hydrogen-bond acceptors (Lipinski definition) is 8. The maximum Gasteiger partial charge on any atom is 0.163 e. The highest BCUT2D eigenvalue weighted by molar-refractivity contribution is 6.39. The van der Waals surface area contributed by atoms with E-state index in [0.717, 1.165) is 136 Å². The van der Waals surface area contributed by atoms with E-state index >= 15 is 0 Å². The summed E-state index contributed by atoms with van der Waals surface area (Å²) in [7, 11) is 3.35. The molecule has 0 saturated carbocycles. The molecule has 0 N–H and O–H groups in total. The molecule has 494 valence electrons. The highest BCUT2D eigenvalue weighted by Gasteiger charge is 2.28. The van der Waals surface area contributed by atoms with Crippen LogP contribution in [0.1, 0.15) is 269 Å². The molecule has 8 heteroatoms. The summed E-state index contributed by atoms with van der Waals surface area (Å²) in [4.78, 5) is 23.0. The number of unbranched alkanes of at least 4 members (excludes halogenated alkanes) is 26. The number of aromatic nitrogens is 4. The largest absolute Gasteiger partial charge is 0.497 e. The van der Waals surface area contributed by atoms with E-state index in [4.69, 9.17) is 38.9 Å². The lowest BCUT2D eigenvalue weighted by atomic mass is 9.80. The summed E-state index contributed by atoms with van der Waals surface area (Å²) >= 11 is 0. The molecule has 2 heterocycles. The molecule has 0 radical (unpaired) electrons. The van der Waals surface area contributed by atoms with Gasteiger partial charge in [0.25, 0.3) is 0 Å². The van der Waals surface area contributed by atoms with Crippen LogP contribution in [0.5, 0.6) is 23.0 Å². The van der Waals surface area contributed by atoms with E-state index in [1.165, 1.54) is 165 Å². The van der Waals surface area contributed by atoms with E-state index in [0.29, 0.717) is 24.2 Å². The Morgan fingerprint density at radius 1 is 0.319 bits per heavy atom. The second-order valence-electron chi connectivity index (χ2n) is 28.7. The van der Waals surface area contributed by atoms with Crippen molar-refractivity contribution in [3.05, 3.63) is 130 Å². The van der Waals surface area contributed by atoms with E-state index in [1.807, 2.05) is 60.7 Å². The molecule has 10 rings (SSSR count). The van der Waals surface area contributed by atoms with Crippen LogP contribution in [0.15, 0.2) is 97.1 Å². The van der Waals surface area contributed by atoms with Gasteiger partial charge in [0, 0.05) is 55.6 Å². The Morgan fingerprint density at radius 2 is 0.606 bits per heavy atom. The van der Waals surface area contributed by atoms with Gasteiger partial charge in [-0.15, -0.1) is 0 Å². The number of rotatable bonds is 34. The minimum absolute atomic E-state index is 0.232. The van der Waals surface area contributed by atoms with Crippen LogP contribution in [0.2, 0.25) is 0 Å². The topological polar surface area (TPSA) is 88.5 Å². The molecule has 0 unspecified atom stereocenters. The van der Waals surface area contributed by atoms with Gasteiger partial charge in [-0.2, -0.15) is 0 Å². The first kappa shape index (κ1) is 69.2. The van der Waals surface area contributed by atoms with Crippen LogP contribution in [0.25, 0.3) is 76.5 Å². The maximum atomic E-state index is 6.81. The Labute approximate surface area is 562 Å². The summed E-state index contributed by atoms with van der Waals surface area (Å²) in [6, 6.07) is 33.4. The van der Waals surface area contributed by atoms with E-state index in [1.54, 1.807) is 14.2 Å². The second kappa shape index (κ2) is 33.6. The molecule has 94 heavy (non-hydrogen) atoms. The van der Waals surface area contributed by atoms with Crippen LogP contribution < -0.4 is 18.9 Å². The fraction of sp³-hybridized carbons (Fsp3) is 0.488. The SMILES string of the molecule is CCCCCCCCCCCCCCCCOc1cc2nc3c4cc(C(C)(C)C)cc5c6nc7c(C#Cc8ccc(OC)cc8)ccc(C#Cc8ccc(OC)cc8)c7nc6c6cc(C(C)(C)C)cc(c3nc2cc1OCCCCCCCCCCCCCCCC)c6c45. The number of benzene rings is 8. The third-order valence-corrected chi connectivity index (χ3v) is 19.2. The van der Waals surface area contributed by atoms with Crippen LogP contribution in [0, 0.1) is 23.7 Å². The van der Waals surface area contributed by atoms with Gasteiger partial charge < -0.3 is 18.9 Å². The van der Waals surface area contributed by atoms with Crippen LogP contribution >= 0.6 is 0 Å². The molecule has 0 aliphatic rings. The molecular weight excluding hydrogens is 1150 g/mol. The number of methoxy groups -OCH3 is 2. The molecule has 0 bridgehead atoms. The quantitative estimate of drug-likeness (QED) is 0.0171. The summed E-state index contributed by atoms with van der Waals surface area (Å²) in [6.07, 6.45) is 36.9. The van der Waals surface area contributed by atoms with Crippen LogP contribution in [0.4, 0.5) is 0 Å². The maximum absolute atomic E-state index is 6.81. The average molecular weight is 1260 g/mol. The molecule has 2 aromatic heterocycles. The zero-order chi connectivity index (χ0) is 65.9. The number of hydrogen-bond donors (Lipinski definition) is 0. The first-order valence-corrected chi connectivity index (χ1v) is 36.4. The normalized spacial score (nSPS) is 12.0. The van der Waals surface area contributed by atoms with Crippen molar-refractivity contribution in [3.63, 3.8) is 0 Å². The number of nitrogens with zero attached hydrogens (tertiary/aromatic N) is 4. The highest BCUT2D eigenvalue weighted by atomic mass is 16.5. The Balaban J connectivity index is 1.03. The Kier molecular flexibility index (Phi) is 24.7. The third-order valence-electron chi connectivity index (χ3n) is 19.2. The fourth-order valence-electron chi connectivity index (χ4n) is 13.4. The van der Waals surface area contributed by atoms with Gasteiger partial charge in [-0.3, -0.25) is 0 Å². The molecule has 8 aromatic carbocycles. The summed E-state index contributed by atoms with van der Waals surface area (Å²) in [6.45, 7) is 19.5. The molecule has 8 nitrogen and oxygen atoms in total. The van der Waals surface area contributed by atoms with Gasteiger partial charge >= 0.3 is 0 Å². The van der Waals surface area contributed by atoms with Crippen LogP contribution in [-0.4, -0.2) is 47.4 Å². The van der Waals surface area contributed by atoms with Crippen molar-refractivity contribution in [2.45, 2.75) is 246 Å². The molecule has 10 aromatic rings. The van der Waals surface area contributed by atoms with Crippen molar-refractivity contribution < 1.29 is 18.9 Å². The minimum Gasteiger partial charge on any atom is -0.497 e. The molecule has 0 aliphatic carbocycles. The molecule has 0 saturated heterocycles. The smallest absolute Gasteiger partial charge is 0.163 e. The number of ether oxygens (including phenoxy) is 4. The van der Waals surface area contributed by atoms with Crippen molar-refractivity contribution in [1.29, 1.82) is 0 Å². The van der Waals surface area contributed by atoms with Crippen molar-refractivity contribution in [2.24, 2.45) is 0 Å². The fourth-order valence-corrected chi connectivity index (χ4v) is 13.4. The van der Waals surface area contributed by atoms with E-state index in [9.17, 15) is 0 Å². The van der Waals surface area contributed by atoms with Crippen LogP contribution in [0.3, 0.4) is 0 Å². The van der Waals surface area contributed by atoms with Crippen molar-refractivity contribution in [2.75, 3.05) is 27.4 Å². The lowest BCUT2D eigenvalue weighted by Gasteiger charge is -2.25. The third kappa shape index (κ3) is 17.8. The molecule has 0 fully saturated rings. The Bertz CT molecular complexity index is 3970. The van der Waals surface area contributed by atoms with Gasteiger partial charge in [0.05, 0.1) is 71.7 Å². The van der Waals surface area contributed by atoms with E-state index in [2.05, 4.69) is 115 Å². The Hall–Kier alpha value is -7.68. The lowest BCUT2D eigenvalue weighted by molar-refractivity contribution is 0.259. The Morgan fingerprint density at radius 3 is 0.894 bits per heavy atom. The molecule has 0 atom stereocenters. The summed E-state index contributed by atoms with van der Waals surface area (Å²) < 4.78 is 24.6. The second-order valence-corrected chi connectivity index (χ2v) is 28.7. The molecule has 0 aliphatic heterocycles. The molecule has 0 spiro atoms. The van der Waals surface area contributed by atoms with Crippen molar-refractivity contribution in [3.8, 4) is 46.7 Å². The number of fused-ring (bicyclic) bond motifs is 8. The van der Waals surface area contributed by atoms with Gasteiger partial charge in [-0.1, -0.05) is 246 Å². The zero-order valence-corrected chi connectivity index (χ0v) is 58.9. The molecule has 0 amide bonds. The van der Waals surface area contributed by atoms with Gasteiger partial charge in [0.2, 0.25) is 0 Å². The van der Waals surface area contributed by atoms with E-state index in [-0.39, 0.29) is 10.8 Å². The van der Waals surface area contributed by atoms with Gasteiger partial charge in [-0.25, -0.2) is 19.9 Å². The summed E-state index contributed by atoms with van der Waals surface area (Å²) in [5, 5.41) is 6.32.